The third-order valence-corrected chi connectivity index (χ3v) is 6.71. The smallest absolute Gasteiger partial charge is 0.223 e. The molecule has 2 N–H and O–H groups in total. The van der Waals surface area contributed by atoms with Gasteiger partial charge < -0.3 is 24.8 Å². The Morgan fingerprint density at radius 1 is 1.03 bits per heavy atom. The fourth-order valence-corrected chi connectivity index (χ4v) is 4.78. The summed E-state index contributed by atoms with van der Waals surface area (Å²) in [6, 6.07) is 13.7. The Labute approximate surface area is 218 Å². The molecule has 1 unspecified atom stereocenters. The predicted octanol–water partition coefficient (Wildman–Crippen LogP) is 5.83. The fraction of sp³-hybridized carbons (Fsp3) is 0.269. The molecule has 3 heterocycles. The van der Waals surface area contributed by atoms with Crippen molar-refractivity contribution >= 4 is 45.9 Å². The first-order valence-electron chi connectivity index (χ1n) is 11.5. The summed E-state index contributed by atoms with van der Waals surface area (Å²) in [6.07, 6.45) is 2.67. The van der Waals surface area contributed by atoms with Gasteiger partial charge in [-0.2, -0.15) is 0 Å². The molecule has 10 heteroatoms. The van der Waals surface area contributed by atoms with Crippen LogP contribution in [0.5, 0.6) is 11.5 Å². The van der Waals surface area contributed by atoms with Crippen LogP contribution in [0.3, 0.4) is 0 Å². The fourth-order valence-electron chi connectivity index (χ4n) is 4.08. The number of nitrogens with zero attached hydrogens (tertiary/aromatic N) is 3. The third kappa shape index (κ3) is 4.97. The number of rotatable bonds is 8. The number of anilines is 2. The molecule has 0 amide bonds. The number of methoxy groups -OCH3 is 2. The molecule has 1 saturated heterocycles. The van der Waals surface area contributed by atoms with Crippen molar-refractivity contribution in [2.75, 3.05) is 38.1 Å². The van der Waals surface area contributed by atoms with E-state index in [4.69, 9.17) is 47.4 Å². The molecule has 0 radical (unpaired) electrons. The van der Waals surface area contributed by atoms with Crippen molar-refractivity contribution in [1.29, 1.82) is 0 Å². The number of halogens is 2. The van der Waals surface area contributed by atoms with Crippen molar-refractivity contribution < 1.29 is 14.2 Å². The first kappa shape index (κ1) is 24.4. The number of aromatic nitrogens is 3. The highest BCUT2D eigenvalue weighted by Crippen LogP contribution is 2.46. The molecule has 36 heavy (non-hydrogen) atoms. The van der Waals surface area contributed by atoms with E-state index in [0.29, 0.717) is 63.2 Å². The first-order chi connectivity index (χ1) is 17.6. The highest BCUT2D eigenvalue weighted by atomic mass is 35.5. The maximum Gasteiger partial charge on any atom is 0.223 e. The van der Waals surface area contributed by atoms with Crippen LogP contribution in [0.1, 0.15) is 12.0 Å². The van der Waals surface area contributed by atoms with E-state index >= 15 is 0 Å². The summed E-state index contributed by atoms with van der Waals surface area (Å²) < 4.78 is 16.4. The molecule has 186 valence electrons. The highest BCUT2D eigenvalue weighted by Gasteiger charge is 2.22. The molecular weight excluding hydrogens is 501 g/mol. The van der Waals surface area contributed by atoms with E-state index < -0.39 is 0 Å². The van der Waals surface area contributed by atoms with Crippen LogP contribution in [0.15, 0.2) is 48.7 Å². The zero-order valence-electron chi connectivity index (χ0n) is 19.8. The summed E-state index contributed by atoms with van der Waals surface area (Å²) >= 11 is 13.4. The van der Waals surface area contributed by atoms with Gasteiger partial charge in [-0.15, -0.1) is 0 Å². The Kier molecular flexibility index (Phi) is 7.27. The van der Waals surface area contributed by atoms with Gasteiger partial charge in [-0.25, -0.2) is 15.0 Å². The van der Waals surface area contributed by atoms with Gasteiger partial charge in [0.15, 0.2) is 5.82 Å². The van der Waals surface area contributed by atoms with Crippen molar-refractivity contribution in [2.45, 2.75) is 19.0 Å². The minimum Gasteiger partial charge on any atom is -0.495 e. The molecule has 0 saturated carbocycles. The van der Waals surface area contributed by atoms with Crippen LogP contribution in [-0.4, -0.2) is 48.4 Å². The summed E-state index contributed by atoms with van der Waals surface area (Å²) in [7, 11) is 3.08. The topological polar surface area (TPSA) is 90.4 Å². The molecule has 2 aromatic heterocycles. The average Bonchev–Trinajstić information content (AvgIpc) is 3.41. The maximum absolute atomic E-state index is 6.70. The Balaban J connectivity index is 1.62. The lowest BCUT2D eigenvalue weighted by molar-refractivity contribution is 0.195. The zero-order chi connectivity index (χ0) is 25.1. The second-order valence-corrected chi connectivity index (χ2v) is 9.07. The number of hydrogen-bond donors (Lipinski definition) is 2. The quantitative estimate of drug-likeness (QED) is 0.297. The normalized spacial score (nSPS) is 15.2. The van der Waals surface area contributed by atoms with E-state index in [1.807, 2.05) is 36.4 Å². The summed E-state index contributed by atoms with van der Waals surface area (Å²) in [5.74, 6) is 1.97. The van der Waals surface area contributed by atoms with Crippen LogP contribution in [0, 0.1) is 0 Å². The average molecular weight is 526 g/mol. The van der Waals surface area contributed by atoms with E-state index in [1.165, 1.54) is 14.2 Å². The zero-order valence-corrected chi connectivity index (χ0v) is 21.4. The van der Waals surface area contributed by atoms with Gasteiger partial charge in [0.05, 0.1) is 42.6 Å². The van der Waals surface area contributed by atoms with Crippen molar-refractivity contribution in [3.63, 3.8) is 0 Å². The lowest BCUT2D eigenvalue weighted by Crippen LogP contribution is -2.20. The number of benzene rings is 2. The molecule has 0 aliphatic carbocycles. The van der Waals surface area contributed by atoms with Crippen molar-refractivity contribution in [2.24, 2.45) is 0 Å². The molecule has 8 nitrogen and oxygen atoms in total. The molecule has 1 aliphatic rings. The lowest BCUT2D eigenvalue weighted by atomic mass is 10.1. The number of nitrogens with one attached hydrogen (secondary N) is 2. The van der Waals surface area contributed by atoms with Gasteiger partial charge in [-0.05, 0) is 18.1 Å². The molecule has 4 aromatic rings. The van der Waals surface area contributed by atoms with E-state index in [0.717, 1.165) is 24.0 Å². The van der Waals surface area contributed by atoms with Gasteiger partial charge in [-0.1, -0.05) is 53.5 Å². The Hall–Kier alpha value is -3.33. The molecule has 1 aliphatic heterocycles. The van der Waals surface area contributed by atoms with E-state index in [9.17, 15) is 0 Å². The molecular formula is C26H25Cl2N5O3. The molecule has 2 aromatic carbocycles. The standard InChI is InChI=1S/C26H25Cl2N5O3/c1-34-19-11-20(35-2)23(28)21(22(19)27)18-10-16-13-30-26(31-17-8-9-36-14-17)33-24(16)25(32-18)29-12-15-6-4-3-5-7-15/h3-7,10-11,13,17H,8-9,12,14H2,1-2H3,(H,29,32)(H,30,31,33). The minimum absolute atomic E-state index is 0.178. The van der Waals surface area contributed by atoms with Crippen LogP contribution in [-0.2, 0) is 11.3 Å². The van der Waals surface area contributed by atoms with Gasteiger partial charge in [-0.3, -0.25) is 0 Å². The van der Waals surface area contributed by atoms with E-state index in [1.54, 1.807) is 12.3 Å². The van der Waals surface area contributed by atoms with Gasteiger partial charge in [0.25, 0.3) is 0 Å². The van der Waals surface area contributed by atoms with Crippen molar-refractivity contribution in [3.05, 3.63) is 64.3 Å². The van der Waals surface area contributed by atoms with Gasteiger partial charge in [0, 0.05) is 36.4 Å². The number of pyridine rings is 1. The SMILES string of the molecule is COc1cc(OC)c(Cl)c(-c2cc3cnc(NC4CCOC4)nc3c(NCc3ccccc3)n2)c1Cl. The molecule has 1 fully saturated rings. The Bertz CT molecular complexity index is 1350. The summed E-state index contributed by atoms with van der Waals surface area (Å²) in [5, 5.41) is 8.23. The van der Waals surface area contributed by atoms with Crippen LogP contribution in [0.4, 0.5) is 11.8 Å². The second kappa shape index (κ2) is 10.7. The van der Waals surface area contributed by atoms with Gasteiger partial charge in [0.1, 0.15) is 17.0 Å². The van der Waals surface area contributed by atoms with Gasteiger partial charge >= 0.3 is 0 Å². The third-order valence-electron chi connectivity index (χ3n) is 5.96. The molecule has 5 rings (SSSR count). The Morgan fingerprint density at radius 3 is 2.44 bits per heavy atom. The summed E-state index contributed by atoms with van der Waals surface area (Å²) in [6.45, 7) is 1.91. The van der Waals surface area contributed by atoms with Crippen LogP contribution in [0.2, 0.25) is 10.0 Å². The number of hydrogen-bond acceptors (Lipinski definition) is 8. The molecule has 0 spiro atoms. The monoisotopic (exact) mass is 525 g/mol. The van der Waals surface area contributed by atoms with Crippen LogP contribution < -0.4 is 20.1 Å². The predicted molar refractivity (Wildman–Crippen MR) is 143 cm³/mol. The van der Waals surface area contributed by atoms with Crippen molar-refractivity contribution in [3.8, 4) is 22.8 Å². The van der Waals surface area contributed by atoms with E-state index in [-0.39, 0.29) is 6.04 Å². The first-order valence-corrected chi connectivity index (χ1v) is 12.2. The van der Waals surface area contributed by atoms with Crippen LogP contribution >= 0.6 is 23.2 Å². The van der Waals surface area contributed by atoms with E-state index in [2.05, 4.69) is 15.6 Å². The maximum atomic E-state index is 6.70. The summed E-state index contributed by atoms with van der Waals surface area (Å²) in [4.78, 5) is 14.2. The highest BCUT2D eigenvalue weighted by molar-refractivity contribution is 6.41. The molecule has 1 atom stereocenters. The largest absolute Gasteiger partial charge is 0.495 e. The summed E-state index contributed by atoms with van der Waals surface area (Å²) in [5.41, 5.74) is 2.82. The van der Waals surface area contributed by atoms with Gasteiger partial charge in [0.2, 0.25) is 5.95 Å². The Morgan fingerprint density at radius 2 is 1.78 bits per heavy atom. The van der Waals surface area contributed by atoms with Crippen molar-refractivity contribution in [1.82, 2.24) is 15.0 Å². The number of ether oxygens (including phenoxy) is 3. The minimum atomic E-state index is 0.178. The lowest BCUT2D eigenvalue weighted by Gasteiger charge is -2.17. The van der Waals surface area contributed by atoms with Crippen LogP contribution in [0.25, 0.3) is 22.2 Å². The number of fused-ring (bicyclic) bond motifs is 1. The molecule has 0 bridgehead atoms. The second-order valence-electron chi connectivity index (χ2n) is 8.32.